The topological polar surface area (TPSA) is 40.5 Å². The van der Waals surface area contributed by atoms with E-state index in [4.69, 9.17) is 0 Å². The first-order valence-corrected chi connectivity index (χ1v) is 7.23. The van der Waals surface area contributed by atoms with Gasteiger partial charge in [-0.05, 0) is 45.3 Å². The van der Waals surface area contributed by atoms with Crippen molar-refractivity contribution in [1.82, 2.24) is 4.90 Å². The summed E-state index contributed by atoms with van der Waals surface area (Å²) in [5.41, 5.74) is -0.744. The predicted molar refractivity (Wildman–Crippen MR) is 76.3 cm³/mol. The van der Waals surface area contributed by atoms with Gasteiger partial charge in [-0.2, -0.15) is 0 Å². The van der Waals surface area contributed by atoms with Gasteiger partial charge in [-0.15, -0.1) is 0 Å². The maximum absolute atomic E-state index is 14.0. The maximum atomic E-state index is 14.0. The van der Waals surface area contributed by atoms with Crippen molar-refractivity contribution in [3.05, 3.63) is 35.6 Å². The van der Waals surface area contributed by atoms with Gasteiger partial charge in [-0.25, -0.2) is 4.39 Å². The summed E-state index contributed by atoms with van der Waals surface area (Å²) < 4.78 is 14.0. The number of benzene rings is 1. The Morgan fingerprint density at radius 3 is 2.50 bits per heavy atom. The van der Waals surface area contributed by atoms with Crippen molar-refractivity contribution in [1.29, 1.82) is 0 Å². The molecule has 1 aromatic rings. The summed E-state index contributed by atoms with van der Waals surface area (Å²) in [6.45, 7) is 5.68. The van der Waals surface area contributed by atoms with Crippen LogP contribution in [0.1, 0.15) is 38.7 Å². The molecule has 1 unspecified atom stereocenters. The average Bonchev–Trinajstić information content (AvgIpc) is 2.47. The molecule has 0 aromatic heterocycles. The van der Waals surface area contributed by atoms with Gasteiger partial charge in [-0.3, -0.25) is 4.79 Å². The molecular formula is C16H22FNO2. The SMILES string of the molecule is CCC(C)N1CCC(C(=O)O)(c2ccccc2F)CC1. The van der Waals surface area contributed by atoms with E-state index in [1.807, 2.05) is 0 Å². The van der Waals surface area contributed by atoms with Crippen LogP contribution >= 0.6 is 0 Å². The molecule has 110 valence electrons. The fraction of sp³-hybridized carbons (Fsp3) is 0.562. The standard InChI is InChI=1S/C16H22FNO2/c1-3-12(2)18-10-8-16(9-11-18,15(19)20)13-6-4-5-7-14(13)17/h4-7,12H,3,8-11H2,1-2H3,(H,19,20). The summed E-state index contributed by atoms with van der Waals surface area (Å²) in [4.78, 5) is 14.1. The molecule has 1 aromatic carbocycles. The molecule has 1 aliphatic heterocycles. The van der Waals surface area contributed by atoms with Crippen LogP contribution < -0.4 is 0 Å². The Kier molecular flexibility index (Phi) is 4.43. The summed E-state index contributed by atoms with van der Waals surface area (Å²) in [7, 11) is 0. The normalized spacial score (nSPS) is 20.6. The van der Waals surface area contributed by atoms with Gasteiger partial charge in [0.25, 0.3) is 0 Å². The summed E-state index contributed by atoms with van der Waals surface area (Å²) in [6.07, 6.45) is 1.97. The van der Waals surface area contributed by atoms with Gasteiger partial charge in [0, 0.05) is 11.6 Å². The van der Waals surface area contributed by atoms with Crippen molar-refractivity contribution in [2.24, 2.45) is 0 Å². The second kappa shape index (κ2) is 5.92. The Morgan fingerprint density at radius 2 is 2.00 bits per heavy atom. The molecule has 0 spiro atoms. The lowest BCUT2D eigenvalue weighted by atomic mass is 9.72. The first-order valence-electron chi connectivity index (χ1n) is 7.23. The number of likely N-dealkylation sites (tertiary alicyclic amines) is 1. The number of hydrogen-bond donors (Lipinski definition) is 1. The molecule has 0 saturated carbocycles. The third kappa shape index (κ3) is 2.57. The van der Waals surface area contributed by atoms with Crippen LogP contribution in [0.25, 0.3) is 0 Å². The van der Waals surface area contributed by atoms with Crippen LogP contribution in [0.3, 0.4) is 0 Å². The number of rotatable bonds is 4. The minimum atomic E-state index is -1.07. The average molecular weight is 279 g/mol. The van der Waals surface area contributed by atoms with Gasteiger partial charge in [0.05, 0.1) is 5.41 Å². The third-order valence-corrected chi connectivity index (χ3v) is 4.66. The molecule has 0 bridgehead atoms. The summed E-state index contributed by atoms with van der Waals surface area (Å²) in [5, 5.41) is 9.66. The van der Waals surface area contributed by atoms with E-state index in [2.05, 4.69) is 18.7 Å². The molecule has 0 aliphatic carbocycles. The van der Waals surface area contributed by atoms with Crippen LogP contribution in [0.5, 0.6) is 0 Å². The molecule has 4 heteroatoms. The Morgan fingerprint density at radius 1 is 1.40 bits per heavy atom. The van der Waals surface area contributed by atoms with Crippen LogP contribution in [0.15, 0.2) is 24.3 Å². The Bertz CT molecular complexity index is 481. The fourth-order valence-corrected chi connectivity index (χ4v) is 3.05. The molecule has 1 saturated heterocycles. The highest BCUT2D eigenvalue weighted by molar-refractivity contribution is 5.81. The maximum Gasteiger partial charge on any atom is 0.314 e. The van der Waals surface area contributed by atoms with Crippen LogP contribution in [0, 0.1) is 5.82 Å². The van der Waals surface area contributed by atoms with Gasteiger partial charge in [0.15, 0.2) is 0 Å². The van der Waals surface area contributed by atoms with E-state index in [0.717, 1.165) is 6.42 Å². The highest BCUT2D eigenvalue weighted by atomic mass is 19.1. The van der Waals surface area contributed by atoms with Gasteiger partial charge < -0.3 is 10.0 Å². The minimum absolute atomic E-state index is 0.330. The zero-order valence-electron chi connectivity index (χ0n) is 12.1. The molecule has 1 N–H and O–H groups in total. The number of halogens is 1. The highest BCUT2D eigenvalue weighted by Gasteiger charge is 2.45. The van der Waals surface area contributed by atoms with E-state index in [0.29, 0.717) is 37.5 Å². The van der Waals surface area contributed by atoms with E-state index in [1.165, 1.54) is 6.07 Å². The summed E-state index contributed by atoms with van der Waals surface area (Å²) in [6, 6.07) is 6.72. The second-order valence-electron chi connectivity index (χ2n) is 5.66. The Labute approximate surface area is 119 Å². The second-order valence-corrected chi connectivity index (χ2v) is 5.66. The minimum Gasteiger partial charge on any atom is -0.481 e. The van der Waals surface area contributed by atoms with Crippen LogP contribution in [-0.4, -0.2) is 35.1 Å². The Hall–Kier alpha value is -1.42. The molecular weight excluding hydrogens is 257 g/mol. The molecule has 0 radical (unpaired) electrons. The van der Waals surface area contributed by atoms with Crippen molar-refractivity contribution < 1.29 is 14.3 Å². The quantitative estimate of drug-likeness (QED) is 0.921. The van der Waals surface area contributed by atoms with E-state index >= 15 is 0 Å². The predicted octanol–water partition coefficient (Wildman–Crippen LogP) is 3.04. The van der Waals surface area contributed by atoms with Gasteiger partial charge in [-0.1, -0.05) is 25.1 Å². The molecule has 1 atom stereocenters. The largest absolute Gasteiger partial charge is 0.481 e. The number of carbonyl (C=O) groups is 1. The van der Waals surface area contributed by atoms with Crippen molar-refractivity contribution in [2.75, 3.05) is 13.1 Å². The van der Waals surface area contributed by atoms with E-state index in [9.17, 15) is 14.3 Å². The summed E-state index contributed by atoms with van der Waals surface area (Å²) in [5.74, 6) is -1.32. The van der Waals surface area contributed by atoms with Gasteiger partial charge in [0.1, 0.15) is 5.82 Å². The van der Waals surface area contributed by atoms with Crippen molar-refractivity contribution in [2.45, 2.75) is 44.6 Å². The van der Waals surface area contributed by atoms with Crippen molar-refractivity contribution in [3.8, 4) is 0 Å². The number of carboxylic acid groups (broad SMARTS) is 1. The zero-order valence-corrected chi connectivity index (χ0v) is 12.1. The number of piperidine rings is 1. The molecule has 1 aliphatic rings. The number of nitrogens with zero attached hydrogens (tertiary/aromatic N) is 1. The van der Waals surface area contributed by atoms with Gasteiger partial charge >= 0.3 is 5.97 Å². The monoisotopic (exact) mass is 279 g/mol. The first kappa shape index (κ1) is 15.0. The lowest BCUT2D eigenvalue weighted by molar-refractivity contribution is -0.146. The molecule has 2 rings (SSSR count). The van der Waals surface area contributed by atoms with Crippen LogP contribution in [0.4, 0.5) is 4.39 Å². The lowest BCUT2D eigenvalue weighted by Gasteiger charge is -2.41. The van der Waals surface area contributed by atoms with E-state index in [1.54, 1.807) is 18.2 Å². The molecule has 1 heterocycles. The lowest BCUT2D eigenvalue weighted by Crippen LogP contribution is -2.50. The zero-order chi connectivity index (χ0) is 14.8. The summed E-state index contributed by atoms with van der Waals surface area (Å²) >= 11 is 0. The highest BCUT2D eigenvalue weighted by Crippen LogP contribution is 2.37. The van der Waals surface area contributed by atoms with Crippen LogP contribution in [0.2, 0.25) is 0 Å². The number of carboxylic acids is 1. The smallest absolute Gasteiger partial charge is 0.314 e. The Balaban J connectivity index is 2.27. The third-order valence-electron chi connectivity index (χ3n) is 4.66. The van der Waals surface area contributed by atoms with E-state index in [-0.39, 0.29) is 0 Å². The van der Waals surface area contributed by atoms with Crippen molar-refractivity contribution >= 4 is 5.97 Å². The van der Waals surface area contributed by atoms with Crippen LogP contribution in [-0.2, 0) is 10.2 Å². The first-order chi connectivity index (χ1) is 9.51. The molecule has 1 fully saturated rings. The molecule has 3 nitrogen and oxygen atoms in total. The number of hydrogen-bond acceptors (Lipinski definition) is 2. The molecule has 20 heavy (non-hydrogen) atoms. The fourth-order valence-electron chi connectivity index (χ4n) is 3.05. The van der Waals surface area contributed by atoms with Crippen molar-refractivity contribution in [3.63, 3.8) is 0 Å². The van der Waals surface area contributed by atoms with E-state index < -0.39 is 17.2 Å². The van der Waals surface area contributed by atoms with Gasteiger partial charge in [0.2, 0.25) is 0 Å². The number of aliphatic carboxylic acids is 1. The molecule has 0 amide bonds.